The maximum absolute atomic E-state index is 4.59. The first kappa shape index (κ1) is 14.0. The molecule has 1 aromatic rings. The van der Waals surface area contributed by atoms with Gasteiger partial charge in [-0.3, -0.25) is 0 Å². The second-order valence-electron chi connectivity index (χ2n) is 5.85. The van der Waals surface area contributed by atoms with Crippen molar-refractivity contribution in [1.82, 2.24) is 10.3 Å². The van der Waals surface area contributed by atoms with Crippen LogP contribution in [0, 0.1) is 6.92 Å². The molecule has 0 spiro atoms. The standard InChI is InChI=1S/C14H25N3/c1-10(2)15-9-12-7-8-13(16-11(12)3)17-14(4,5)6/h7-8,10,15H,9H2,1-6H3,(H,16,17). The maximum Gasteiger partial charge on any atom is 0.126 e. The van der Waals surface area contributed by atoms with Crippen molar-refractivity contribution in [3.63, 3.8) is 0 Å². The molecule has 0 unspecified atom stereocenters. The number of nitrogens with zero attached hydrogens (tertiary/aromatic N) is 1. The molecule has 1 rings (SSSR count). The largest absolute Gasteiger partial charge is 0.365 e. The highest BCUT2D eigenvalue weighted by Crippen LogP contribution is 2.15. The Hall–Kier alpha value is -1.09. The SMILES string of the molecule is Cc1nc(NC(C)(C)C)ccc1CNC(C)C. The fourth-order valence-corrected chi connectivity index (χ4v) is 1.54. The maximum atomic E-state index is 4.59. The third kappa shape index (κ3) is 5.18. The van der Waals surface area contributed by atoms with Crippen molar-refractivity contribution in [2.24, 2.45) is 0 Å². The summed E-state index contributed by atoms with van der Waals surface area (Å²) in [6.07, 6.45) is 0. The van der Waals surface area contributed by atoms with E-state index in [2.05, 4.69) is 69.3 Å². The number of rotatable bonds is 4. The minimum atomic E-state index is 0.0527. The molecule has 0 atom stereocenters. The summed E-state index contributed by atoms with van der Waals surface area (Å²) in [7, 11) is 0. The molecule has 96 valence electrons. The van der Waals surface area contributed by atoms with E-state index in [1.165, 1.54) is 5.56 Å². The van der Waals surface area contributed by atoms with E-state index in [1.807, 2.05) is 0 Å². The van der Waals surface area contributed by atoms with Gasteiger partial charge < -0.3 is 10.6 Å². The van der Waals surface area contributed by atoms with Crippen LogP contribution < -0.4 is 10.6 Å². The first-order chi connectivity index (χ1) is 7.78. The van der Waals surface area contributed by atoms with Gasteiger partial charge in [0, 0.05) is 23.8 Å². The van der Waals surface area contributed by atoms with Gasteiger partial charge in [-0.2, -0.15) is 0 Å². The van der Waals surface area contributed by atoms with E-state index in [4.69, 9.17) is 0 Å². The summed E-state index contributed by atoms with van der Waals surface area (Å²) in [5.74, 6) is 0.947. The fourth-order valence-electron chi connectivity index (χ4n) is 1.54. The van der Waals surface area contributed by atoms with Crippen LogP contribution in [0.4, 0.5) is 5.82 Å². The quantitative estimate of drug-likeness (QED) is 0.842. The number of aromatic nitrogens is 1. The molecule has 2 N–H and O–H groups in total. The van der Waals surface area contributed by atoms with Gasteiger partial charge in [-0.1, -0.05) is 19.9 Å². The number of nitrogens with one attached hydrogen (secondary N) is 2. The Morgan fingerprint density at radius 1 is 1.24 bits per heavy atom. The van der Waals surface area contributed by atoms with Gasteiger partial charge in [0.15, 0.2) is 0 Å². The van der Waals surface area contributed by atoms with E-state index in [0.29, 0.717) is 6.04 Å². The highest BCUT2D eigenvalue weighted by Gasteiger charge is 2.10. The normalized spacial score (nSPS) is 11.9. The lowest BCUT2D eigenvalue weighted by Crippen LogP contribution is -2.27. The van der Waals surface area contributed by atoms with Crippen LogP contribution in [-0.2, 0) is 6.54 Å². The average Bonchev–Trinajstić information content (AvgIpc) is 2.13. The summed E-state index contributed by atoms with van der Waals surface area (Å²) < 4.78 is 0. The van der Waals surface area contributed by atoms with Crippen molar-refractivity contribution in [3.05, 3.63) is 23.4 Å². The summed E-state index contributed by atoms with van der Waals surface area (Å²) >= 11 is 0. The molecule has 0 fully saturated rings. The smallest absolute Gasteiger partial charge is 0.126 e. The van der Waals surface area contributed by atoms with Crippen molar-refractivity contribution < 1.29 is 0 Å². The van der Waals surface area contributed by atoms with Crippen molar-refractivity contribution in [2.75, 3.05) is 5.32 Å². The van der Waals surface area contributed by atoms with Crippen LogP contribution in [0.15, 0.2) is 12.1 Å². The molecular formula is C14H25N3. The molecule has 0 aliphatic carbocycles. The summed E-state index contributed by atoms with van der Waals surface area (Å²) in [5, 5.41) is 6.79. The molecule has 3 heteroatoms. The fraction of sp³-hybridized carbons (Fsp3) is 0.643. The van der Waals surface area contributed by atoms with Crippen LogP contribution in [0.1, 0.15) is 45.9 Å². The predicted molar refractivity (Wildman–Crippen MR) is 74.3 cm³/mol. The van der Waals surface area contributed by atoms with Gasteiger partial charge in [-0.15, -0.1) is 0 Å². The number of hydrogen-bond acceptors (Lipinski definition) is 3. The highest BCUT2D eigenvalue weighted by molar-refractivity contribution is 5.40. The van der Waals surface area contributed by atoms with E-state index < -0.39 is 0 Å². The van der Waals surface area contributed by atoms with Crippen LogP contribution in [0.25, 0.3) is 0 Å². The lowest BCUT2D eigenvalue weighted by Gasteiger charge is -2.22. The van der Waals surface area contributed by atoms with E-state index >= 15 is 0 Å². The summed E-state index contributed by atoms with van der Waals surface area (Å²) in [6.45, 7) is 13.7. The first-order valence-corrected chi connectivity index (χ1v) is 6.26. The van der Waals surface area contributed by atoms with Crippen molar-refractivity contribution in [2.45, 2.75) is 59.7 Å². The molecule has 0 aliphatic heterocycles. The van der Waals surface area contributed by atoms with E-state index in [9.17, 15) is 0 Å². The number of aryl methyl sites for hydroxylation is 1. The minimum Gasteiger partial charge on any atom is -0.365 e. The molecule has 17 heavy (non-hydrogen) atoms. The topological polar surface area (TPSA) is 37.0 Å². The third-order valence-corrected chi connectivity index (χ3v) is 2.40. The molecule has 0 saturated carbocycles. The molecule has 0 saturated heterocycles. The van der Waals surface area contributed by atoms with E-state index in [1.54, 1.807) is 0 Å². The lowest BCUT2D eigenvalue weighted by atomic mass is 10.1. The third-order valence-electron chi connectivity index (χ3n) is 2.40. The molecule has 0 bridgehead atoms. The van der Waals surface area contributed by atoms with Gasteiger partial charge in [0.1, 0.15) is 5.82 Å². The van der Waals surface area contributed by atoms with Gasteiger partial charge in [0.2, 0.25) is 0 Å². The Balaban J connectivity index is 2.72. The molecule has 1 aromatic heterocycles. The van der Waals surface area contributed by atoms with Crippen LogP contribution in [-0.4, -0.2) is 16.6 Å². The molecule has 1 heterocycles. The molecule has 3 nitrogen and oxygen atoms in total. The summed E-state index contributed by atoms with van der Waals surface area (Å²) in [6, 6.07) is 4.70. The second-order valence-corrected chi connectivity index (χ2v) is 5.85. The van der Waals surface area contributed by atoms with E-state index in [0.717, 1.165) is 18.1 Å². The Bertz CT molecular complexity index is 364. The van der Waals surface area contributed by atoms with Crippen LogP contribution in [0.5, 0.6) is 0 Å². The molecular weight excluding hydrogens is 210 g/mol. The Kier molecular flexibility index (Phi) is 4.52. The van der Waals surface area contributed by atoms with E-state index in [-0.39, 0.29) is 5.54 Å². The molecule has 0 radical (unpaired) electrons. The predicted octanol–water partition coefficient (Wildman–Crippen LogP) is 3.10. The van der Waals surface area contributed by atoms with Gasteiger partial charge in [0.05, 0.1) is 0 Å². The monoisotopic (exact) mass is 235 g/mol. The highest BCUT2D eigenvalue weighted by atomic mass is 15.0. The zero-order valence-corrected chi connectivity index (χ0v) is 11.9. The van der Waals surface area contributed by atoms with Crippen molar-refractivity contribution in [3.8, 4) is 0 Å². The molecule has 0 amide bonds. The van der Waals surface area contributed by atoms with Crippen molar-refractivity contribution in [1.29, 1.82) is 0 Å². The Morgan fingerprint density at radius 3 is 2.35 bits per heavy atom. The molecule has 0 aliphatic rings. The minimum absolute atomic E-state index is 0.0527. The summed E-state index contributed by atoms with van der Waals surface area (Å²) in [4.78, 5) is 4.59. The van der Waals surface area contributed by atoms with Gasteiger partial charge in [-0.25, -0.2) is 4.98 Å². The van der Waals surface area contributed by atoms with Crippen LogP contribution in [0.2, 0.25) is 0 Å². The Labute approximate surface area is 105 Å². The van der Waals surface area contributed by atoms with Gasteiger partial charge >= 0.3 is 0 Å². The summed E-state index contributed by atoms with van der Waals surface area (Å²) in [5.41, 5.74) is 2.41. The average molecular weight is 235 g/mol. The zero-order chi connectivity index (χ0) is 13.1. The first-order valence-electron chi connectivity index (χ1n) is 6.26. The number of anilines is 1. The van der Waals surface area contributed by atoms with Crippen LogP contribution >= 0.6 is 0 Å². The molecule has 0 aromatic carbocycles. The van der Waals surface area contributed by atoms with Gasteiger partial charge in [-0.05, 0) is 39.3 Å². The second kappa shape index (κ2) is 5.50. The van der Waals surface area contributed by atoms with Gasteiger partial charge in [0.25, 0.3) is 0 Å². The van der Waals surface area contributed by atoms with Crippen LogP contribution in [0.3, 0.4) is 0 Å². The Morgan fingerprint density at radius 2 is 1.88 bits per heavy atom. The number of pyridine rings is 1. The number of hydrogen-bond donors (Lipinski definition) is 2. The zero-order valence-electron chi connectivity index (χ0n) is 11.9. The lowest BCUT2D eigenvalue weighted by molar-refractivity contribution is 0.586. The van der Waals surface area contributed by atoms with Crippen molar-refractivity contribution >= 4 is 5.82 Å².